The molecule has 3 aromatic rings. The van der Waals surface area contributed by atoms with Crippen LogP contribution in [0.1, 0.15) is 5.56 Å². The summed E-state index contributed by atoms with van der Waals surface area (Å²) in [5.41, 5.74) is 9.00. The SMILES string of the molecule is Cl.Nc1conc1-c1ccc(OCc2ccc(I)cc2)cc1. The predicted molar refractivity (Wildman–Crippen MR) is 97.1 cm³/mol. The lowest BCUT2D eigenvalue weighted by Gasteiger charge is -2.07. The van der Waals surface area contributed by atoms with Gasteiger partial charge in [-0.15, -0.1) is 12.4 Å². The van der Waals surface area contributed by atoms with Gasteiger partial charge in [0.15, 0.2) is 0 Å². The van der Waals surface area contributed by atoms with E-state index in [0.717, 1.165) is 16.9 Å². The molecule has 0 fully saturated rings. The normalized spacial score (nSPS) is 10.0. The molecule has 114 valence electrons. The largest absolute Gasteiger partial charge is 0.489 e. The summed E-state index contributed by atoms with van der Waals surface area (Å²) in [6.45, 7) is 0.544. The summed E-state index contributed by atoms with van der Waals surface area (Å²) in [4.78, 5) is 0. The molecule has 0 aliphatic heterocycles. The Morgan fingerprint density at radius 3 is 2.32 bits per heavy atom. The van der Waals surface area contributed by atoms with Crippen LogP contribution in [0.25, 0.3) is 11.3 Å². The number of hydrogen-bond donors (Lipinski definition) is 1. The Hall–Kier alpha value is -1.73. The Balaban J connectivity index is 0.00000176. The minimum absolute atomic E-state index is 0. The van der Waals surface area contributed by atoms with Crippen LogP contribution in [0.5, 0.6) is 5.75 Å². The van der Waals surface area contributed by atoms with Gasteiger partial charge in [-0.05, 0) is 64.6 Å². The van der Waals surface area contributed by atoms with Crippen LogP contribution in [0.3, 0.4) is 0 Å². The molecule has 0 amide bonds. The summed E-state index contributed by atoms with van der Waals surface area (Å²) in [5, 5.41) is 3.88. The van der Waals surface area contributed by atoms with Crippen molar-refractivity contribution in [3.8, 4) is 17.0 Å². The molecule has 22 heavy (non-hydrogen) atoms. The molecule has 2 N–H and O–H groups in total. The summed E-state index contributed by atoms with van der Waals surface area (Å²) in [5.74, 6) is 0.805. The number of halogens is 2. The van der Waals surface area contributed by atoms with Crippen LogP contribution in [-0.2, 0) is 6.61 Å². The number of ether oxygens (including phenoxy) is 1. The lowest BCUT2D eigenvalue weighted by molar-refractivity contribution is 0.306. The number of hydrogen-bond acceptors (Lipinski definition) is 4. The van der Waals surface area contributed by atoms with Crippen molar-refractivity contribution in [1.82, 2.24) is 5.16 Å². The second-order valence-corrected chi connectivity index (χ2v) is 5.80. The van der Waals surface area contributed by atoms with E-state index in [-0.39, 0.29) is 12.4 Å². The second-order valence-electron chi connectivity index (χ2n) is 4.56. The van der Waals surface area contributed by atoms with Crippen molar-refractivity contribution < 1.29 is 9.26 Å². The molecule has 3 rings (SSSR count). The monoisotopic (exact) mass is 428 g/mol. The first-order valence-electron chi connectivity index (χ1n) is 6.40. The van der Waals surface area contributed by atoms with Gasteiger partial charge in [0, 0.05) is 9.13 Å². The molecule has 0 unspecified atom stereocenters. The third kappa shape index (κ3) is 3.92. The number of nitrogens with two attached hydrogens (primary N) is 1. The maximum Gasteiger partial charge on any atom is 0.147 e. The Labute approximate surface area is 148 Å². The van der Waals surface area contributed by atoms with Gasteiger partial charge in [0.1, 0.15) is 30.0 Å². The maximum atomic E-state index is 5.77. The van der Waals surface area contributed by atoms with Crippen molar-refractivity contribution in [1.29, 1.82) is 0 Å². The Bertz CT molecular complexity index is 727. The van der Waals surface area contributed by atoms with E-state index in [1.165, 1.54) is 9.83 Å². The van der Waals surface area contributed by atoms with Crippen LogP contribution in [0.15, 0.2) is 59.3 Å². The molecule has 0 saturated carbocycles. The Kier molecular flexibility index (Phi) is 5.68. The predicted octanol–water partition coefficient (Wildman–Crippen LogP) is 4.53. The average molecular weight is 429 g/mol. The second kappa shape index (κ2) is 7.51. The molecule has 0 aliphatic rings. The van der Waals surface area contributed by atoms with Crippen molar-refractivity contribution in [2.24, 2.45) is 0 Å². The fourth-order valence-corrected chi connectivity index (χ4v) is 2.28. The number of rotatable bonds is 4. The van der Waals surface area contributed by atoms with Crippen molar-refractivity contribution in [3.05, 3.63) is 63.9 Å². The van der Waals surface area contributed by atoms with E-state index < -0.39 is 0 Å². The van der Waals surface area contributed by atoms with E-state index in [0.29, 0.717) is 18.0 Å². The van der Waals surface area contributed by atoms with Gasteiger partial charge < -0.3 is 15.0 Å². The third-order valence-electron chi connectivity index (χ3n) is 3.04. The zero-order valence-electron chi connectivity index (χ0n) is 11.5. The summed E-state index contributed by atoms with van der Waals surface area (Å²) in [7, 11) is 0. The van der Waals surface area contributed by atoms with Gasteiger partial charge >= 0.3 is 0 Å². The molecule has 0 radical (unpaired) electrons. The third-order valence-corrected chi connectivity index (χ3v) is 3.76. The molecule has 1 aromatic heterocycles. The standard InChI is InChI=1S/C16H13IN2O2.ClH/c17-13-5-1-11(2-6-13)9-20-14-7-3-12(4-8-14)16-15(18)10-21-19-16;/h1-8,10H,9,18H2;1H. The Morgan fingerprint density at radius 1 is 1.05 bits per heavy atom. The molecule has 0 spiro atoms. The first-order chi connectivity index (χ1) is 10.2. The van der Waals surface area contributed by atoms with E-state index >= 15 is 0 Å². The number of nitrogen functional groups attached to an aromatic ring is 1. The van der Waals surface area contributed by atoms with Crippen molar-refractivity contribution >= 4 is 40.7 Å². The molecule has 0 aliphatic carbocycles. The van der Waals surface area contributed by atoms with Gasteiger partial charge in [-0.1, -0.05) is 17.3 Å². The average Bonchev–Trinajstić information content (AvgIpc) is 2.93. The zero-order chi connectivity index (χ0) is 14.7. The van der Waals surface area contributed by atoms with Gasteiger partial charge in [-0.2, -0.15) is 0 Å². The quantitative estimate of drug-likeness (QED) is 0.620. The fraction of sp³-hybridized carbons (Fsp3) is 0.0625. The number of benzene rings is 2. The molecular formula is C16H14ClIN2O2. The van der Waals surface area contributed by atoms with Crippen LogP contribution in [0, 0.1) is 3.57 Å². The van der Waals surface area contributed by atoms with Gasteiger partial charge in [-0.3, -0.25) is 0 Å². The maximum absolute atomic E-state index is 5.77. The molecule has 1 heterocycles. The summed E-state index contributed by atoms with van der Waals surface area (Å²) >= 11 is 2.28. The van der Waals surface area contributed by atoms with Gasteiger partial charge in [-0.25, -0.2) is 0 Å². The summed E-state index contributed by atoms with van der Waals surface area (Å²) in [6.07, 6.45) is 1.43. The number of aromatic nitrogens is 1. The number of anilines is 1. The highest BCUT2D eigenvalue weighted by molar-refractivity contribution is 14.1. The summed E-state index contributed by atoms with van der Waals surface area (Å²) in [6, 6.07) is 15.9. The lowest BCUT2D eigenvalue weighted by atomic mass is 10.1. The minimum Gasteiger partial charge on any atom is -0.489 e. The molecule has 2 aromatic carbocycles. The molecule has 6 heteroatoms. The van der Waals surface area contributed by atoms with Crippen molar-refractivity contribution in [2.75, 3.05) is 5.73 Å². The fourth-order valence-electron chi connectivity index (χ4n) is 1.92. The highest BCUT2D eigenvalue weighted by atomic mass is 127. The molecular weight excluding hydrogens is 415 g/mol. The smallest absolute Gasteiger partial charge is 0.147 e. The van der Waals surface area contributed by atoms with E-state index in [9.17, 15) is 0 Å². The Morgan fingerprint density at radius 2 is 1.73 bits per heavy atom. The topological polar surface area (TPSA) is 61.3 Å². The van der Waals surface area contributed by atoms with E-state index in [1.54, 1.807) is 0 Å². The van der Waals surface area contributed by atoms with Crippen LogP contribution < -0.4 is 10.5 Å². The zero-order valence-corrected chi connectivity index (χ0v) is 14.5. The van der Waals surface area contributed by atoms with E-state index in [1.807, 2.05) is 24.3 Å². The van der Waals surface area contributed by atoms with Crippen LogP contribution in [-0.4, -0.2) is 5.16 Å². The highest BCUT2D eigenvalue weighted by Gasteiger charge is 2.07. The summed E-state index contributed by atoms with van der Waals surface area (Å²) < 4.78 is 11.8. The number of nitrogens with zero attached hydrogens (tertiary/aromatic N) is 1. The van der Waals surface area contributed by atoms with Gasteiger partial charge in [0.2, 0.25) is 0 Å². The first kappa shape index (κ1) is 16.6. The van der Waals surface area contributed by atoms with E-state index in [2.05, 4.69) is 52.0 Å². The minimum atomic E-state index is 0. The van der Waals surface area contributed by atoms with Crippen molar-refractivity contribution in [2.45, 2.75) is 6.61 Å². The van der Waals surface area contributed by atoms with Crippen LogP contribution in [0.2, 0.25) is 0 Å². The molecule has 0 atom stereocenters. The van der Waals surface area contributed by atoms with Gasteiger partial charge in [0.05, 0.1) is 0 Å². The van der Waals surface area contributed by atoms with Crippen LogP contribution in [0.4, 0.5) is 5.69 Å². The highest BCUT2D eigenvalue weighted by Crippen LogP contribution is 2.26. The van der Waals surface area contributed by atoms with E-state index in [4.69, 9.17) is 15.0 Å². The van der Waals surface area contributed by atoms with Crippen molar-refractivity contribution in [3.63, 3.8) is 0 Å². The molecule has 4 nitrogen and oxygen atoms in total. The molecule has 0 saturated heterocycles. The first-order valence-corrected chi connectivity index (χ1v) is 7.48. The lowest BCUT2D eigenvalue weighted by Crippen LogP contribution is -1.95. The molecule has 0 bridgehead atoms. The van der Waals surface area contributed by atoms with Crippen LogP contribution >= 0.6 is 35.0 Å². The van der Waals surface area contributed by atoms with Gasteiger partial charge in [0.25, 0.3) is 0 Å².